The summed E-state index contributed by atoms with van der Waals surface area (Å²) < 4.78 is 13.8. The molecule has 3 nitrogen and oxygen atoms in total. The van der Waals surface area contributed by atoms with Gasteiger partial charge >= 0.3 is 0 Å². The minimum atomic E-state index is -0.353. The van der Waals surface area contributed by atoms with Crippen molar-refractivity contribution in [3.8, 4) is 11.4 Å². The molecule has 0 amide bonds. The molecule has 3 aromatic rings. The third-order valence-corrected chi connectivity index (χ3v) is 3.00. The zero-order valence-corrected chi connectivity index (χ0v) is 10.4. The van der Waals surface area contributed by atoms with Crippen LogP contribution in [-0.4, -0.2) is 9.97 Å². The molecule has 0 aliphatic heterocycles. The molecule has 0 fully saturated rings. The molecule has 1 aromatic heterocycles. The first-order valence-electron chi connectivity index (χ1n) is 5.94. The normalized spacial score (nSPS) is 10.8. The number of fused-ring (bicyclic) bond motifs is 1. The van der Waals surface area contributed by atoms with Crippen LogP contribution in [0.3, 0.4) is 0 Å². The molecule has 2 N–H and O–H groups in total. The molecular formula is C15H12FN3. The minimum Gasteiger partial charge on any atom is -0.383 e. The van der Waals surface area contributed by atoms with Gasteiger partial charge in [-0.3, -0.25) is 0 Å². The van der Waals surface area contributed by atoms with Gasteiger partial charge in [0.15, 0.2) is 5.82 Å². The highest BCUT2D eigenvalue weighted by Crippen LogP contribution is 2.25. The van der Waals surface area contributed by atoms with Gasteiger partial charge in [-0.15, -0.1) is 0 Å². The van der Waals surface area contributed by atoms with Gasteiger partial charge < -0.3 is 5.73 Å². The van der Waals surface area contributed by atoms with Gasteiger partial charge in [-0.25, -0.2) is 14.4 Å². The van der Waals surface area contributed by atoms with Crippen LogP contribution in [0.15, 0.2) is 42.5 Å². The summed E-state index contributed by atoms with van der Waals surface area (Å²) in [5, 5.41) is 0.792. The summed E-state index contributed by atoms with van der Waals surface area (Å²) in [6.45, 7) is 1.98. The highest BCUT2D eigenvalue weighted by Gasteiger charge is 2.10. The number of nitrogens with two attached hydrogens (primary N) is 1. The molecule has 0 bridgehead atoms. The quantitative estimate of drug-likeness (QED) is 0.723. The number of nitrogen functional groups attached to an aromatic ring is 1. The van der Waals surface area contributed by atoms with Gasteiger partial charge in [-0.2, -0.15) is 0 Å². The minimum absolute atomic E-state index is 0.312. The molecule has 1 heterocycles. The third kappa shape index (κ3) is 2.01. The van der Waals surface area contributed by atoms with Crippen molar-refractivity contribution in [3.05, 3.63) is 53.8 Å². The zero-order chi connectivity index (χ0) is 13.4. The number of rotatable bonds is 1. The average Bonchev–Trinajstić information content (AvgIpc) is 2.40. The molecule has 0 unspecified atom stereocenters. The van der Waals surface area contributed by atoms with Crippen molar-refractivity contribution in [1.29, 1.82) is 0 Å². The fourth-order valence-corrected chi connectivity index (χ4v) is 2.03. The Hall–Kier alpha value is -2.49. The Kier molecular flexibility index (Phi) is 2.63. The van der Waals surface area contributed by atoms with Crippen LogP contribution < -0.4 is 5.73 Å². The summed E-state index contributed by atoms with van der Waals surface area (Å²) >= 11 is 0. The van der Waals surface area contributed by atoms with Crippen molar-refractivity contribution in [1.82, 2.24) is 9.97 Å². The number of anilines is 1. The highest BCUT2D eigenvalue weighted by molar-refractivity contribution is 5.90. The molecule has 94 valence electrons. The van der Waals surface area contributed by atoms with E-state index in [-0.39, 0.29) is 5.82 Å². The van der Waals surface area contributed by atoms with E-state index in [1.54, 1.807) is 18.2 Å². The smallest absolute Gasteiger partial charge is 0.165 e. The number of aromatic nitrogens is 2. The first-order valence-corrected chi connectivity index (χ1v) is 5.94. The van der Waals surface area contributed by atoms with Crippen LogP contribution in [0.4, 0.5) is 10.2 Å². The first kappa shape index (κ1) is 11.6. The fourth-order valence-electron chi connectivity index (χ4n) is 2.03. The summed E-state index contributed by atoms with van der Waals surface area (Å²) in [4.78, 5) is 8.58. The van der Waals surface area contributed by atoms with Gasteiger partial charge in [-0.05, 0) is 31.2 Å². The molecule has 0 radical (unpaired) electrons. The Bertz CT molecular complexity index is 768. The van der Waals surface area contributed by atoms with Crippen molar-refractivity contribution in [3.63, 3.8) is 0 Å². The Morgan fingerprint density at radius 2 is 1.84 bits per heavy atom. The number of aryl methyl sites for hydroxylation is 1. The van der Waals surface area contributed by atoms with Crippen LogP contribution in [0.5, 0.6) is 0 Å². The molecule has 0 aliphatic carbocycles. The monoisotopic (exact) mass is 253 g/mol. The fraction of sp³-hybridized carbons (Fsp3) is 0.0667. The van der Waals surface area contributed by atoms with Crippen LogP contribution in [-0.2, 0) is 0 Å². The van der Waals surface area contributed by atoms with E-state index >= 15 is 0 Å². The maximum absolute atomic E-state index is 13.8. The average molecular weight is 253 g/mol. The number of hydrogen-bond donors (Lipinski definition) is 1. The van der Waals surface area contributed by atoms with Crippen LogP contribution >= 0.6 is 0 Å². The van der Waals surface area contributed by atoms with E-state index in [0.29, 0.717) is 17.2 Å². The Labute approximate surface area is 109 Å². The molecule has 0 saturated heterocycles. The highest BCUT2D eigenvalue weighted by atomic mass is 19.1. The summed E-state index contributed by atoms with van der Waals surface area (Å²) in [5.41, 5.74) is 8.10. The van der Waals surface area contributed by atoms with E-state index in [4.69, 9.17) is 5.73 Å². The Morgan fingerprint density at radius 3 is 2.63 bits per heavy atom. The lowest BCUT2D eigenvalue weighted by Gasteiger charge is -2.07. The second kappa shape index (κ2) is 4.31. The predicted octanol–water partition coefficient (Wildman–Crippen LogP) is 3.33. The van der Waals surface area contributed by atoms with Crippen LogP contribution in [0.1, 0.15) is 5.56 Å². The standard InChI is InChI=1S/C15H12FN3/c1-9-6-7-13-11(8-9)14(17)19-15(18-13)10-4-2-3-5-12(10)16/h2-8H,1H3,(H2,17,18,19). The topological polar surface area (TPSA) is 51.8 Å². The van der Waals surface area contributed by atoms with Gasteiger partial charge in [0.25, 0.3) is 0 Å². The molecule has 19 heavy (non-hydrogen) atoms. The zero-order valence-electron chi connectivity index (χ0n) is 10.4. The first-order chi connectivity index (χ1) is 9.15. The van der Waals surface area contributed by atoms with E-state index in [9.17, 15) is 4.39 Å². The second-order valence-corrected chi connectivity index (χ2v) is 4.43. The summed E-state index contributed by atoms with van der Waals surface area (Å²) in [6.07, 6.45) is 0. The van der Waals surface area contributed by atoms with Crippen molar-refractivity contribution in [2.75, 3.05) is 5.73 Å². The molecule has 0 spiro atoms. The lowest BCUT2D eigenvalue weighted by molar-refractivity contribution is 0.630. The number of nitrogens with zero attached hydrogens (tertiary/aromatic N) is 2. The van der Waals surface area contributed by atoms with Crippen molar-refractivity contribution in [2.24, 2.45) is 0 Å². The second-order valence-electron chi connectivity index (χ2n) is 4.43. The van der Waals surface area contributed by atoms with Crippen molar-refractivity contribution >= 4 is 16.7 Å². The van der Waals surface area contributed by atoms with Gasteiger partial charge in [0.1, 0.15) is 11.6 Å². The largest absolute Gasteiger partial charge is 0.383 e. The third-order valence-electron chi connectivity index (χ3n) is 3.00. The molecular weight excluding hydrogens is 241 g/mol. The van der Waals surface area contributed by atoms with Crippen LogP contribution in [0.25, 0.3) is 22.3 Å². The van der Waals surface area contributed by atoms with E-state index in [1.807, 2.05) is 25.1 Å². The van der Waals surface area contributed by atoms with Gasteiger partial charge in [0, 0.05) is 5.39 Å². The summed E-state index contributed by atoms with van der Waals surface area (Å²) in [5.74, 6) is 0.326. The van der Waals surface area contributed by atoms with Crippen molar-refractivity contribution < 1.29 is 4.39 Å². The summed E-state index contributed by atoms with van der Waals surface area (Å²) in [6, 6.07) is 12.1. The molecule has 2 aromatic carbocycles. The van der Waals surface area contributed by atoms with Gasteiger partial charge in [0.2, 0.25) is 0 Å². The van der Waals surface area contributed by atoms with Crippen LogP contribution in [0, 0.1) is 12.7 Å². The Balaban J connectivity index is 2.27. The number of benzene rings is 2. The molecule has 0 atom stereocenters. The van der Waals surface area contributed by atoms with E-state index < -0.39 is 0 Å². The number of halogens is 1. The molecule has 0 aliphatic rings. The SMILES string of the molecule is Cc1ccc2nc(-c3ccccc3F)nc(N)c2c1. The lowest BCUT2D eigenvalue weighted by Crippen LogP contribution is -1.99. The van der Waals surface area contributed by atoms with Gasteiger partial charge in [-0.1, -0.05) is 23.8 Å². The number of hydrogen-bond acceptors (Lipinski definition) is 3. The van der Waals surface area contributed by atoms with E-state index in [0.717, 1.165) is 16.5 Å². The van der Waals surface area contributed by atoms with Crippen molar-refractivity contribution in [2.45, 2.75) is 6.92 Å². The van der Waals surface area contributed by atoms with E-state index in [2.05, 4.69) is 9.97 Å². The van der Waals surface area contributed by atoms with Gasteiger partial charge in [0.05, 0.1) is 11.1 Å². The Morgan fingerprint density at radius 1 is 1.05 bits per heavy atom. The molecule has 3 rings (SSSR count). The lowest BCUT2D eigenvalue weighted by atomic mass is 10.1. The van der Waals surface area contributed by atoms with Crippen LogP contribution in [0.2, 0.25) is 0 Å². The maximum Gasteiger partial charge on any atom is 0.165 e. The summed E-state index contributed by atoms with van der Waals surface area (Å²) in [7, 11) is 0. The van der Waals surface area contributed by atoms with E-state index in [1.165, 1.54) is 6.07 Å². The molecule has 4 heteroatoms. The maximum atomic E-state index is 13.8. The predicted molar refractivity (Wildman–Crippen MR) is 74.1 cm³/mol. The molecule has 0 saturated carbocycles.